The summed E-state index contributed by atoms with van der Waals surface area (Å²) in [5.74, 6) is -0.854. The number of hydrogen-bond donors (Lipinski definition) is 3. The number of carbonyl (C=O) groups excluding carboxylic acids is 2. The Morgan fingerprint density at radius 2 is 1.59 bits per heavy atom. The Bertz CT molecular complexity index is 980. The third kappa shape index (κ3) is 6.32. The number of carboxylic acid groups (broad SMARTS) is 1. The molecule has 0 heterocycles. The van der Waals surface area contributed by atoms with Gasteiger partial charge < -0.3 is 20.5 Å². The Balaban J connectivity index is 1.65. The van der Waals surface area contributed by atoms with E-state index in [9.17, 15) is 14.4 Å². The monoisotopic (exact) mass is 484 g/mol. The molecule has 8 heteroatoms. The summed E-state index contributed by atoms with van der Waals surface area (Å²) < 4.78 is 5.59. The number of fused-ring (bicyclic) bond motifs is 3. The van der Waals surface area contributed by atoms with E-state index in [0.29, 0.717) is 12.2 Å². The highest BCUT2D eigenvalue weighted by Crippen LogP contribution is 2.44. The fraction of sp³-hybridized carbons (Fsp3) is 0.423. The van der Waals surface area contributed by atoms with Gasteiger partial charge in [0, 0.05) is 12.0 Å². The zero-order valence-electron chi connectivity index (χ0n) is 19.7. The lowest BCUT2D eigenvalue weighted by Crippen LogP contribution is -2.51. The average molecular weight is 485 g/mol. The molecule has 3 rings (SSSR count). The Morgan fingerprint density at radius 1 is 1.00 bits per heavy atom. The van der Waals surface area contributed by atoms with Crippen LogP contribution in [0.15, 0.2) is 48.5 Å². The summed E-state index contributed by atoms with van der Waals surface area (Å²) in [5, 5.41) is 14.6. The largest absolute Gasteiger partial charge is 0.481 e. The standard InChI is InChI=1S/C26H32N2O5S/c1-16(2)23(14-24(29)30)27-25(31)22(12-13-34-3)28-26(32)33-15-21-19-10-6-4-8-17(19)18-9-5-7-11-20(18)21/h4-11,16,21-23H,12-15H2,1-3H3,(H,27,31)(H,28,32)(H,29,30)/t22-,23-/m1/s1. The number of aliphatic carboxylic acids is 1. The molecule has 1 aliphatic rings. The Kier molecular flexibility index (Phi) is 8.98. The first-order valence-electron chi connectivity index (χ1n) is 11.4. The van der Waals surface area contributed by atoms with E-state index in [1.54, 1.807) is 11.8 Å². The van der Waals surface area contributed by atoms with Gasteiger partial charge in [-0.1, -0.05) is 62.4 Å². The summed E-state index contributed by atoms with van der Waals surface area (Å²) in [4.78, 5) is 36.7. The maximum atomic E-state index is 12.9. The molecular formula is C26H32N2O5S. The molecule has 7 nitrogen and oxygen atoms in total. The van der Waals surface area contributed by atoms with Gasteiger partial charge in [-0.15, -0.1) is 0 Å². The number of thioether (sulfide) groups is 1. The summed E-state index contributed by atoms with van der Waals surface area (Å²) in [6.45, 7) is 3.86. The lowest BCUT2D eigenvalue weighted by Gasteiger charge is -2.25. The van der Waals surface area contributed by atoms with E-state index in [0.717, 1.165) is 22.3 Å². The number of hydrogen-bond acceptors (Lipinski definition) is 5. The zero-order chi connectivity index (χ0) is 24.7. The van der Waals surface area contributed by atoms with Crippen molar-refractivity contribution >= 4 is 29.7 Å². The first-order valence-corrected chi connectivity index (χ1v) is 12.8. The van der Waals surface area contributed by atoms with E-state index in [-0.39, 0.29) is 24.9 Å². The topological polar surface area (TPSA) is 105 Å². The van der Waals surface area contributed by atoms with E-state index >= 15 is 0 Å². The van der Waals surface area contributed by atoms with Crippen molar-refractivity contribution < 1.29 is 24.2 Å². The molecule has 0 saturated heterocycles. The number of alkyl carbamates (subject to hydrolysis) is 1. The van der Waals surface area contributed by atoms with Crippen LogP contribution in [0.1, 0.15) is 43.7 Å². The molecule has 0 saturated carbocycles. The highest BCUT2D eigenvalue weighted by molar-refractivity contribution is 7.98. The van der Waals surface area contributed by atoms with E-state index in [4.69, 9.17) is 9.84 Å². The maximum Gasteiger partial charge on any atom is 0.407 e. The van der Waals surface area contributed by atoms with Gasteiger partial charge in [0.1, 0.15) is 12.6 Å². The molecule has 1 aliphatic carbocycles. The second-order valence-electron chi connectivity index (χ2n) is 8.76. The van der Waals surface area contributed by atoms with Crippen LogP contribution in [0.4, 0.5) is 4.79 Å². The fourth-order valence-electron chi connectivity index (χ4n) is 4.21. The van der Waals surface area contributed by atoms with Gasteiger partial charge in [-0.2, -0.15) is 11.8 Å². The van der Waals surface area contributed by atoms with Gasteiger partial charge in [0.05, 0.1) is 6.42 Å². The molecule has 0 radical (unpaired) electrons. The molecule has 0 aliphatic heterocycles. The molecule has 3 N–H and O–H groups in total. The van der Waals surface area contributed by atoms with Crippen molar-refractivity contribution in [3.05, 3.63) is 59.7 Å². The predicted octanol–water partition coefficient (Wildman–Crippen LogP) is 4.26. The molecule has 182 valence electrons. The van der Waals surface area contributed by atoms with Crippen molar-refractivity contribution in [3.8, 4) is 11.1 Å². The molecule has 0 bridgehead atoms. The first-order chi connectivity index (χ1) is 16.3. The molecule has 0 unspecified atom stereocenters. The van der Waals surface area contributed by atoms with Crippen molar-refractivity contribution in [2.45, 2.75) is 44.7 Å². The van der Waals surface area contributed by atoms with Crippen LogP contribution in [0.25, 0.3) is 11.1 Å². The first kappa shape index (κ1) is 25.6. The van der Waals surface area contributed by atoms with Crippen LogP contribution in [0, 0.1) is 5.92 Å². The van der Waals surface area contributed by atoms with Gasteiger partial charge in [-0.25, -0.2) is 4.79 Å². The summed E-state index contributed by atoms with van der Waals surface area (Å²) in [7, 11) is 0. The quantitative estimate of drug-likeness (QED) is 0.440. The van der Waals surface area contributed by atoms with Crippen LogP contribution in [0.2, 0.25) is 0 Å². The molecule has 0 fully saturated rings. The highest BCUT2D eigenvalue weighted by atomic mass is 32.2. The Morgan fingerprint density at radius 3 is 2.12 bits per heavy atom. The zero-order valence-corrected chi connectivity index (χ0v) is 20.6. The number of carbonyl (C=O) groups is 3. The SMILES string of the molecule is CSCC[C@@H](NC(=O)OCC1c2ccccc2-c2ccccc21)C(=O)N[C@H](CC(=O)O)C(C)C. The van der Waals surface area contributed by atoms with Crippen LogP contribution in [0.5, 0.6) is 0 Å². The molecule has 0 spiro atoms. The maximum absolute atomic E-state index is 12.9. The summed E-state index contributed by atoms with van der Waals surface area (Å²) >= 11 is 1.56. The summed E-state index contributed by atoms with van der Waals surface area (Å²) in [6, 6.07) is 14.8. The van der Waals surface area contributed by atoms with Gasteiger partial charge in [0.15, 0.2) is 0 Å². The highest BCUT2D eigenvalue weighted by Gasteiger charge is 2.30. The minimum atomic E-state index is -0.982. The smallest absolute Gasteiger partial charge is 0.407 e. The number of benzene rings is 2. The lowest BCUT2D eigenvalue weighted by atomic mass is 9.98. The van der Waals surface area contributed by atoms with E-state index < -0.39 is 30.1 Å². The second-order valence-corrected chi connectivity index (χ2v) is 9.75. The van der Waals surface area contributed by atoms with Crippen molar-refractivity contribution in [2.24, 2.45) is 5.92 Å². The Hall–Kier alpha value is -3.00. The molecule has 2 atom stereocenters. The van der Waals surface area contributed by atoms with Gasteiger partial charge in [0.25, 0.3) is 0 Å². The van der Waals surface area contributed by atoms with Crippen LogP contribution in [0.3, 0.4) is 0 Å². The fourth-order valence-corrected chi connectivity index (χ4v) is 4.68. The minimum absolute atomic E-state index is 0.0595. The predicted molar refractivity (Wildman–Crippen MR) is 134 cm³/mol. The third-order valence-electron chi connectivity index (χ3n) is 6.09. The normalized spacial score (nSPS) is 14.1. The molecule has 2 amide bonds. The molecule has 34 heavy (non-hydrogen) atoms. The molecule has 2 aromatic carbocycles. The van der Waals surface area contributed by atoms with Crippen LogP contribution in [-0.2, 0) is 14.3 Å². The lowest BCUT2D eigenvalue weighted by molar-refractivity contribution is -0.138. The molecule has 0 aromatic heterocycles. The third-order valence-corrected chi connectivity index (χ3v) is 6.73. The van der Waals surface area contributed by atoms with Crippen LogP contribution in [-0.4, -0.2) is 53.8 Å². The van der Waals surface area contributed by atoms with Gasteiger partial charge in [-0.3, -0.25) is 9.59 Å². The van der Waals surface area contributed by atoms with Gasteiger partial charge >= 0.3 is 12.1 Å². The average Bonchev–Trinajstić information content (AvgIpc) is 3.13. The van der Waals surface area contributed by atoms with Crippen LogP contribution >= 0.6 is 11.8 Å². The van der Waals surface area contributed by atoms with E-state index in [2.05, 4.69) is 22.8 Å². The summed E-state index contributed by atoms with van der Waals surface area (Å²) in [5.41, 5.74) is 4.51. The number of amides is 2. The van der Waals surface area contributed by atoms with Crippen LogP contribution < -0.4 is 10.6 Å². The number of rotatable bonds is 11. The minimum Gasteiger partial charge on any atom is -0.481 e. The molecular weight excluding hydrogens is 452 g/mol. The van der Waals surface area contributed by atoms with Crippen molar-refractivity contribution in [2.75, 3.05) is 18.6 Å². The van der Waals surface area contributed by atoms with Crippen molar-refractivity contribution in [1.29, 1.82) is 0 Å². The van der Waals surface area contributed by atoms with Crippen molar-refractivity contribution in [1.82, 2.24) is 10.6 Å². The van der Waals surface area contributed by atoms with E-state index in [1.807, 2.05) is 56.5 Å². The second kappa shape index (κ2) is 11.9. The number of ether oxygens (including phenoxy) is 1. The van der Waals surface area contributed by atoms with E-state index in [1.165, 1.54) is 0 Å². The van der Waals surface area contributed by atoms with Gasteiger partial charge in [-0.05, 0) is 46.6 Å². The number of carboxylic acids is 1. The molecule has 2 aromatic rings. The summed E-state index contributed by atoms with van der Waals surface area (Å²) in [6.07, 6.45) is 1.49. The van der Waals surface area contributed by atoms with Crippen molar-refractivity contribution in [3.63, 3.8) is 0 Å². The Labute approximate surface area is 204 Å². The number of nitrogens with one attached hydrogen (secondary N) is 2. The van der Waals surface area contributed by atoms with Gasteiger partial charge in [0.2, 0.25) is 5.91 Å².